The van der Waals surface area contributed by atoms with Crippen LogP contribution in [0.3, 0.4) is 0 Å². The Morgan fingerprint density at radius 3 is 1.09 bits per heavy atom. The van der Waals surface area contributed by atoms with Gasteiger partial charge in [0.25, 0.3) is 20.1 Å². The highest BCUT2D eigenvalue weighted by atomic mass is 16.5. The fourth-order valence-electron chi connectivity index (χ4n) is 12.0. The number of benzene rings is 9. The van der Waals surface area contributed by atoms with Crippen LogP contribution in [0.25, 0.3) is 0 Å². The first-order valence-corrected chi connectivity index (χ1v) is 22.8. The van der Waals surface area contributed by atoms with E-state index in [0.29, 0.717) is 0 Å². The molecule has 66 heavy (non-hydrogen) atoms. The quantitative estimate of drug-likeness (QED) is 0.164. The van der Waals surface area contributed by atoms with Crippen molar-refractivity contribution >= 4 is 103 Å². The normalized spacial score (nSPS) is 14.3. The molecule has 308 valence electrons. The van der Waals surface area contributed by atoms with Crippen LogP contribution >= 0.6 is 0 Å². The molecule has 9 aromatic carbocycles. The third-order valence-electron chi connectivity index (χ3n) is 14.5. The zero-order valence-electron chi connectivity index (χ0n) is 36.4. The van der Waals surface area contributed by atoms with Gasteiger partial charge in [0.2, 0.25) is 0 Å². The number of fused-ring (bicyclic) bond motifs is 12. The number of rotatable bonds is 2. The molecular formula is C57H37B3N2O4. The van der Waals surface area contributed by atoms with Crippen molar-refractivity contribution < 1.29 is 18.9 Å². The van der Waals surface area contributed by atoms with E-state index in [1.54, 1.807) is 0 Å². The molecule has 0 saturated carbocycles. The molecule has 6 nitrogen and oxygen atoms in total. The molecular weight excluding hydrogens is 809 g/mol. The minimum atomic E-state index is -0.154. The summed E-state index contributed by atoms with van der Waals surface area (Å²) >= 11 is 0. The second-order valence-electron chi connectivity index (χ2n) is 18.6. The van der Waals surface area contributed by atoms with Gasteiger partial charge in [0, 0.05) is 57.2 Å². The lowest BCUT2D eigenvalue weighted by Gasteiger charge is -2.45. The fraction of sp³-hybridized carbons (Fsp3) is 0.0526. The number of ether oxygens (including phenoxy) is 4. The zero-order chi connectivity index (χ0) is 43.5. The SMILES string of the molecule is Cc1cc2c3c(c1)Oc1cc4c(cc1B3c1ccccc1O2)B1c2cc3c(cc2N(c2ccccc2)c2cc(C)cc(c21)N4c1ccccc1)Oc1cc(C)cc2c1B3c1ccccc1O2. The van der Waals surface area contributed by atoms with Gasteiger partial charge in [-0.15, -0.1) is 0 Å². The van der Waals surface area contributed by atoms with Crippen LogP contribution in [-0.4, -0.2) is 20.1 Å². The number of aryl methyl sites for hydroxylation is 3. The monoisotopic (exact) mass is 846 g/mol. The van der Waals surface area contributed by atoms with Crippen molar-refractivity contribution in [2.24, 2.45) is 0 Å². The van der Waals surface area contributed by atoms with Crippen LogP contribution < -0.4 is 77.9 Å². The van der Waals surface area contributed by atoms with Crippen LogP contribution in [0, 0.1) is 20.8 Å². The average Bonchev–Trinajstić information content (AvgIpc) is 3.32. The first-order valence-electron chi connectivity index (χ1n) is 22.8. The standard InChI is InChI=1S/C57H37B3N2O4/c1-32-22-45-55-46(23-32)62(36-16-8-5-9-17-36)44-31-50-42(59-38-19-11-13-21-48(38)64-52-25-34(3)27-54(66-50)57(52)59)29-40(44)60(55)39-28-41-49(30-43(39)61(45)35-14-6-4-7-15-35)65-53-26-33(2)24-51-56(53)58(41)37-18-10-12-20-47(37)63-51/h4-31H,1-3H3. The van der Waals surface area contributed by atoms with Crippen LogP contribution in [-0.2, 0) is 0 Å². The van der Waals surface area contributed by atoms with Gasteiger partial charge in [0.05, 0.1) is 0 Å². The zero-order valence-corrected chi connectivity index (χ0v) is 36.4. The molecule has 0 saturated heterocycles. The molecule has 9 heteroatoms. The van der Waals surface area contributed by atoms with Gasteiger partial charge < -0.3 is 28.7 Å². The summed E-state index contributed by atoms with van der Waals surface area (Å²) in [6.07, 6.45) is 0. The second kappa shape index (κ2) is 13.0. The number of anilines is 6. The predicted octanol–water partition coefficient (Wildman–Crippen LogP) is 8.15. The van der Waals surface area contributed by atoms with Crippen LogP contribution in [0.4, 0.5) is 34.1 Å². The van der Waals surface area contributed by atoms with E-state index in [0.717, 1.165) is 124 Å². The van der Waals surface area contributed by atoms with E-state index < -0.39 is 0 Å². The molecule has 0 N–H and O–H groups in total. The van der Waals surface area contributed by atoms with Crippen LogP contribution in [0.1, 0.15) is 16.7 Å². The second-order valence-corrected chi connectivity index (χ2v) is 18.6. The van der Waals surface area contributed by atoms with Crippen molar-refractivity contribution in [3.05, 3.63) is 187 Å². The molecule has 0 bridgehead atoms. The molecule has 6 aliphatic rings. The molecule has 0 radical (unpaired) electrons. The lowest BCUT2D eigenvalue weighted by Crippen LogP contribution is -2.65. The van der Waals surface area contributed by atoms with Crippen molar-refractivity contribution in [3.63, 3.8) is 0 Å². The van der Waals surface area contributed by atoms with Gasteiger partial charge in [-0.1, -0.05) is 84.9 Å². The van der Waals surface area contributed by atoms with Gasteiger partial charge in [-0.3, -0.25) is 0 Å². The van der Waals surface area contributed by atoms with Gasteiger partial charge >= 0.3 is 0 Å². The van der Waals surface area contributed by atoms with E-state index >= 15 is 0 Å². The first-order chi connectivity index (χ1) is 32.4. The Morgan fingerprint density at radius 2 is 0.652 bits per heavy atom. The number of hydrogen-bond acceptors (Lipinski definition) is 6. The average molecular weight is 846 g/mol. The lowest BCUT2D eigenvalue weighted by atomic mass is 9.29. The summed E-state index contributed by atoms with van der Waals surface area (Å²) in [5, 5.41) is 0. The third-order valence-corrected chi connectivity index (χ3v) is 14.5. The Hall–Kier alpha value is -8.03. The minimum absolute atomic E-state index is 0.0865. The van der Waals surface area contributed by atoms with Gasteiger partial charge in [0.15, 0.2) is 0 Å². The molecule has 0 aromatic heterocycles. The Bertz CT molecular complexity index is 3400. The van der Waals surface area contributed by atoms with Crippen LogP contribution in [0.15, 0.2) is 170 Å². The van der Waals surface area contributed by atoms with Crippen LogP contribution in [0.5, 0.6) is 46.0 Å². The van der Waals surface area contributed by atoms with Crippen LogP contribution in [0.2, 0.25) is 0 Å². The first kappa shape index (κ1) is 36.3. The summed E-state index contributed by atoms with van der Waals surface area (Å²) in [6.45, 7) is 6.11. The highest BCUT2D eigenvalue weighted by Crippen LogP contribution is 2.47. The molecule has 0 unspecified atom stereocenters. The predicted molar refractivity (Wildman–Crippen MR) is 270 cm³/mol. The van der Waals surface area contributed by atoms with Gasteiger partial charge in [-0.25, -0.2) is 0 Å². The molecule has 0 atom stereocenters. The van der Waals surface area contributed by atoms with Gasteiger partial charge in [-0.05, 0) is 148 Å². The smallest absolute Gasteiger partial charge is 0.260 e. The highest BCUT2D eigenvalue weighted by Gasteiger charge is 2.49. The largest absolute Gasteiger partial charge is 0.458 e. The third kappa shape index (κ3) is 4.89. The van der Waals surface area contributed by atoms with E-state index in [1.807, 2.05) is 0 Å². The summed E-state index contributed by atoms with van der Waals surface area (Å²) < 4.78 is 27.5. The number of hydrogen-bond donors (Lipinski definition) is 0. The Balaban J connectivity index is 1.05. The van der Waals surface area contributed by atoms with Gasteiger partial charge in [0.1, 0.15) is 46.0 Å². The lowest BCUT2D eigenvalue weighted by molar-refractivity contribution is 0.463. The molecule has 0 aliphatic carbocycles. The molecule has 0 fully saturated rings. The molecule has 0 amide bonds. The van der Waals surface area contributed by atoms with E-state index in [9.17, 15) is 0 Å². The highest BCUT2D eigenvalue weighted by molar-refractivity contribution is 7.03. The summed E-state index contributed by atoms with van der Waals surface area (Å²) in [7, 11) is 0. The van der Waals surface area contributed by atoms with E-state index in [-0.39, 0.29) is 20.1 Å². The minimum Gasteiger partial charge on any atom is -0.458 e. The van der Waals surface area contributed by atoms with Gasteiger partial charge in [-0.2, -0.15) is 0 Å². The number of para-hydroxylation sites is 4. The number of nitrogens with zero attached hydrogens (tertiary/aromatic N) is 2. The van der Waals surface area contributed by atoms with Crippen molar-refractivity contribution in [3.8, 4) is 46.0 Å². The molecule has 0 spiro atoms. The summed E-state index contributed by atoms with van der Waals surface area (Å²) in [5.41, 5.74) is 20.4. The van der Waals surface area contributed by atoms with Crippen molar-refractivity contribution in [2.45, 2.75) is 20.8 Å². The summed E-state index contributed by atoms with van der Waals surface area (Å²) in [5.74, 6) is 6.87. The topological polar surface area (TPSA) is 43.4 Å². The molecule has 15 rings (SSSR count). The maximum atomic E-state index is 7.09. The van der Waals surface area contributed by atoms with Crippen molar-refractivity contribution in [1.82, 2.24) is 0 Å². The van der Waals surface area contributed by atoms with Crippen molar-refractivity contribution in [2.75, 3.05) is 9.80 Å². The Morgan fingerprint density at radius 1 is 0.288 bits per heavy atom. The maximum absolute atomic E-state index is 7.09. The van der Waals surface area contributed by atoms with E-state index in [4.69, 9.17) is 18.9 Å². The fourth-order valence-corrected chi connectivity index (χ4v) is 12.0. The Labute approximate surface area is 383 Å². The van der Waals surface area contributed by atoms with E-state index in [1.165, 1.54) is 22.0 Å². The molecule has 6 aliphatic heterocycles. The maximum Gasteiger partial charge on any atom is 0.260 e. The van der Waals surface area contributed by atoms with Crippen molar-refractivity contribution in [1.29, 1.82) is 0 Å². The molecule has 9 aromatic rings. The molecule has 6 heterocycles. The van der Waals surface area contributed by atoms with E-state index in [2.05, 4.69) is 200 Å². The summed E-state index contributed by atoms with van der Waals surface area (Å²) in [4.78, 5) is 4.93. The summed E-state index contributed by atoms with van der Waals surface area (Å²) in [6, 6.07) is 61.5. The Kier molecular flexibility index (Phi) is 7.18.